The molecule has 6 heteroatoms. The number of hydrogen-bond acceptors (Lipinski definition) is 3. The number of halogens is 2. The van der Waals surface area contributed by atoms with Gasteiger partial charge in [-0.25, -0.2) is 4.98 Å². The van der Waals surface area contributed by atoms with Crippen LogP contribution >= 0.6 is 23.2 Å². The van der Waals surface area contributed by atoms with Crippen LogP contribution < -0.4 is 10.9 Å². The van der Waals surface area contributed by atoms with Gasteiger partial charge in [-0.3, -0.25) is 9.36 Å². The molecule has 0 aliphatic rings. The smallest absolute Gasteiger partial charge is 0.266 e. The van der Waals surface area contributed by atoms with Gasteiger partial charge >= 0.3 is 0 Å². The van der Waals surface area contributed by atoms with Crippen molar-refractivity contribution in [3.05, 3.63) is 104 Å². The zero-order valence-electron chi connectivity index (χ0n) is 15.8. The number of para-hydroxylation sites is 1. The van der Waals surface area contributed by atoms with E-state index in [0.717, 1.165) is 16.8 Å². The molecule has 1 aromatic heterocycles. The minimum absolute atomic E-state index is 0.0826. The Morgan fingerprint density at radius 1 is 0.966 bits per heavy atom. The molecule has 0 unspecified atom stereocenters. The van der Waals surface area contributed by atoms with E-state index in [2.05, 4.69) is 5.32 Å². The van der Waals surface area contributed by atoms with Crippen LogP contribution in [0.1, 0.15) is 17.0 Å². The third-order valence-corrected chi connectivity index (χ3v) is 5.34. The highest BCUT2D eigenvalue weighted by Crippen LogP contribution is 2.21. The lowest BCUT2D eigenvalue weighted by atomic mass is 10.2. The van der Waals surface area contributed by atoms with Gasteiger partial charge in [0.25, 0.3) is 5.56 Å². The van der Waals surface area contributed by atoms with Crippen LogP contribution in [0, 0.1) is 6.92 Å². The zero-order chi connectivity index (χ0) is 20.4. The van der Waals surface area contributed by atoms with Crippen LogP contribution in [0.3, 0.4) is 0 Å². The largest absolute Gasteiger partial charge is 0.306 e. The van der Waals surface area contributed by atoms with Gasteiger partial charge in [0.1, 0.15) is 5.82 Å². The number of benzene rings is 3. The first-order valence-electron chi connectivity index (χ1n) is 9.25. The second-order valence-electron chi connectivity index (χ2n) is 6.86. The fraction of sp³-hybridized carbons (Fsp3) is 0.130. The van der Waals surface area contributed by atoms with Crippen LogP contribution in [0.4, 0.5) is 0 Å². The molecule has 29 heavy (non-hydrogen) atoms. The maximum atomic E-state index is 13.2. The van der Waals surface area contributed by atoms with Crippen LogP contribution in [0.5, 0.6) is 0 Å². The van der Waals surface area contributed by atoms with Gasteiger partial charge in [-0.15, -0.1) is 0 Å². The molecule has 0 bridgehead atoms. The summed E-state index contributed by atoms with van der Waals surface area (Å²) < 4.78 is 1.66. The van der Waals surface area contributed by atoms with E-state index >= 15 is 0 Å². The molecule has 146 valence electrons. The van der Waals surface area contributed by atoms with Gasteiger partial charge in [-0.2, -0.15) is 0 Å². The Hall–Kier alpha value is -2.66. The number of nitrogens with one attached hydrogen (secondary N) is 1. The summed E-state index contributed by atoms with van der Waals surface area (Å²) in [5, 5.41) is 5.14. The lowest BCUT2D eigenvalue weighted by Gasteiger charge is -2.15. The minimum Gasteiger partial charge on any atom is -0.306 e. The third-order valence-electron chi connectivity index (χ3n) is 4.75. The molecular formula is C23H19Cl2N3O. The van der Waals surface area contributed by atoms with Crippen molar-refractivity contribution in [3.8, 4) is 5.69 Å². The molecule has 4 aromatic rings. The SMILES string of the molecule is Cc1ccc(-n2c(CNCc3ccc(Cl)cc3Cl)nc3ccccc3c2=O)cc1. The summed E-state index contributed by atoms with van der Waals surface area (Å²) in [7, 11) is 0. The summed E-state index contributed by atoms with van der Waals surface area (Å²) in [4.78, 5) is 18.0. The van der Waals surface area contributed by atoms with E-state index in [-0.39, 0.29) is 5.56 Å². The first-order chi connectivity index (χ1) is 14.0. The molecule has 0 aliphatic heterocycles. The van der Waals surface area contributed by atoms with Gasteiger partial charge in [0.15, 0.2) is 0 Å². The molecule has 4 rings (SSSR count). The van der Waals surface area contributed by atoms with Crippen molar-refractivity contribution in [2.75, 3.05) is 0 Å². The number of rotatable bonds is 5. The van der Waals surface area contributed by atoms with Gasteiger partial charge in [0, 0.05) is 16.6 Å². The van der Waals surface area contributed by atoms with E-state index in [4.69, 9.17) is 28.2 Å². The predicted molar refractivity (Wildman–Crippen MR) is 119 cm³/mol. The van der Waals surface area contributed by atoms with Gasteiger partial charge in [-0.1, -0.05) is 59.1 Å². The van der Waals surface area contributed by atoms with Crippen molar-refractivity contribution >= 4 is 34.1 Å². The molecule has 1 heterocycles. The molecule has 0 saturated carbocycles. The third kappa shape index (κ3) is 4.20. The van der Waals surface area contributed by atoms with Crippen molar-refractivity contribution in [1.29, 1.82) is 0 Å². The molecule has 0 amide bonds. The van der Waals surface area contributed by atoms with Gasteiger partial charge in [0.2, 0.25) is 0 Å². The number of hydrogen-bond donors (Lipinski definition) is 1. The molecule has 0 atom stereocenters. The first-order valence-corrected chi connectivity index (χ1v) is 10.0. The summed E-state index contributed by atoms with van der Waals surface area (Å²) in [6.07, 6.45) is 0. The summed E-state index contributed by atoms with van der Waals surface area (Å²) in [5.74, 6) is 0.641. The molecule has 0 aliphatic carbocycles. The average molecular weight is 424 g/mol. The molecular weight excluding hydrogens is 405 g/mol. The average Bonchev–Trinajstić information content (AvgIpc) is 2.71. The highest BCUT2D eigenvalue weighted by atomic mass is 35.5. The Balaban J connectivity index is 1.71. The summed E-state index contributed by atoms with van der Waals surface area (Å²) in [5.41, 5.74) is 3.46. The standard InChI is InChI=1S/C23H19Cl2N3O/c1-15-6-10-18(11-7-15)28-22(27-21-5-3-2-4-19(21)23(28)29)14-26-13-16-8-9-17(24)12-20(16)25/h2-12,26H,13-14H2,1H3. The first kappa shape index (κ1) is 19.6. The molecule has 0 fully saturated rings. The van der Waals surface area contributed by atoms with E-state index in [1.165, 1.54) is 0 Å². The van der Waals surface area contributed by atoms with Crippen LogP contribution in [0.15, 0.2) is 71.5 Å². The van der Waals surface area contributed by atoms with Crippen molar-refractivity contribution in [2.45, 2.75) is 20.0 Å². The van der Waals surface area contributed by atoms with Crippen molar-refractivity contribution < 1.29 is 0 Å². The van der Waals surface area contributed by atoms with Crippen LogP contribution in [-0.4, -0.2) is 9.55 Å². The van der Waals surface area contributed by atoms with E-state index < -0.39 is 0 Å². The Morgan fingerprint density at radius 3 is 2.48 bits per heavy atom. The highest BCUT2D eigenvalue weighted by Gasteiger charge is 2.12. The second-order valence-corrected chi connectivity index (χ2v) is 7.70. The van der Waals surface area contributed by atoms with Crippen LogP contribution in [-0.2, 0) is 13.1 Å². The van der Waals surface area contributed by atoms with E-state index in [1.807, 2.05) is 55.5 Å². The molecule has 0 saturated heterocycles. The molecule has 1 N–H and O–H groups in total. The normalized spacial score (nSPS) is 11.1. The summed E-state index contributed by atoms with van der Waals surface area (Å²) in [6.45, 7) is 2.96. The summed E-state index contributed by atoms with van der Waals surface area (Å²) >= 11 is 12.2. The highest BCUT2D eigenvalue weighted by molar-refractivity contribution is 6.35. The minimum atomic E-state index is -0.0826. The van der Waals surface area contributed by atoms with Crippen molar-refractivity contribution in [3.63, 3.8) is 0 Å². The van der Waals surface area contributed by atoms with E-state index in [1.54, 1.807) is 22.8 Å². The Kier molecular flexibility index (Phi) is 5.67. The zero-order valence-corrected chi connectivity index (χ0v) is 17.3. The molecule has 0 radical (unpaired) electrons. The second kappa shape index (κ2) is 8.37. The Labute approximate surface area is 178 Å². The number of aromatic nitrogens is 2. The van der Waals surface area contributed by atoms with Crippen LogP contribution in [0.2, 0.25) is 10.0 Å². The molecule has 0 spiro atoms. The maximum Gasteiger partial charge on any atom is 0.266 e. The quantitative estimate of drug-likeness (QED) is 0.474. The van der Waals surface area contributed by atoms with Gasteiger partial charge < -0.3 is 5.32 Å². The predicted octanol–water partition coefficient (Wildman–Crippen LogP) is 5.29. The Morgan fingerprint density at radius 2 is 1.72 bits per heavy atom. The number of nitrogens with zero attached hydrogens (tertiary/aromatic N) is 2. The van der Waals surface area contributed by atoms with Gasteiger partial charge in [-0.05, 0) is 48.9 Å². The molecule has 4 nitrogen and oxygen atoms in total. The maximum absolute atomic E-state index is 13.2. The Bertz CT molecular complexity index is 1230. The molecule has 3 aromatic carbocycles. The van der Waals surface area contributed by atoms with Crippen LogP contribution in [0.25, 0.3) is 16.6 Å². The van der Waals surface area contributed by atoms with Crippen molar-refractivity contribution in [2.24, 2.45) is 0 Å². The summed E-state index contributed by atoms with van der Waals surface area (Å²) in [6, 6.07) is 20.7. The monoisotopic (exact) mass is 423 g/mol. The fourth-order valence-corrected chi connectivity index (χ4v) is 3.71. The fourth-order valence-electron chi connectivity index (χ4n) is 3.23. The lowest BCUT2D eigenvalue weighted by molar-refractivity contribution is 0.643. The van der Waals surface area contributed by atoms with E-state index in [0.29, 0.717) is 39.9 Å². The number of fused-ring (bicyclic) bond motifs is 1. The van der Waals surface area contributed by atoms with Gasteiger partial charge in [0.05, 0.1) is 23.1 Å². The number of aryl methyl sites for hydroxylation is 1. The topological polar surface area (TPSA) is 46.9 Å². The van der Waals surface area contributed by atoms with E-state index in [9.17, 15) is 4.79 Å². The van der Waals surface area contributed by atoms with Crippen molar-refractivity contribution in [1.82, 2.24) is 14.9 Å². The lowest BCUT2D eigenvalue weighted by Crippen LogP contribution is -2.27.